The van der Waals surface area contributed by atoms with E-state index in [4.69, 9.17) is 0 Å². The first-order valence-corrected chi connectivity index (χ1v) is 4.16. The third-order valence-corrected chi connectivity index (χ3v) is 1.79. The van der Waals surface area contributed by atoms with E-state index in [0.29, 0.717) is 0 Å². The van der Waals surface area contributed by atoms with Crippen molar-refractivity contribution < 1.29 is 5.11 Å². The third kappa shape index (κ3) is 3.11. The Morgan fingerprint density at radius 3 is 2.17 bits per heavy atom. The van der Waals surface area contributed by atoms with Gasteiger partial charge >= 0.3 is 0 Å². The predicted molar refractivity (Wildman–Crippen MR) is 52.6 cm³/mol. The van der Waals surface area contributed by atoms with Crippen LogP contribution in [0.3, 0.4) is 0 Å². The number of aliphatic hydroxyl groups is 1. The topological polar surface area (TPSA) is 20.2 Å². The van der Waals surface area contributed by atoms with Crippen molar-refractivity contribution >= 4 is 0 Å². The lowest BCUT2D eigenvalue weighted by molar-refractivity contribution is 0.0449. The first-order valence-electron chi connectivity index (χ1n) is 4.16. The van der Waals surface area contributed by atoms with Gasteiger partial charge in [-0.3, -0.25) is 0 Å². The zero-order valence-corrected chi connectivity index (χ0v) is 8.39. The Kier molecular flexibility index (Phi) is 4.06. The molecule has 1 heteroatoms. The van der Waals surface area contributed by atoms with Crippen LogP contribution in [0.5, 0.6) is 0 Å². The van der Waals surface area contributed by atoms with Gasteiger partial charge in [0, 0.05) is 0 Å². The molecule has 0 bridgehead atoms. The van der Waals surface area contributed by atoms with Gasteiger partial charge in [0.15, 0.2) is 0 Å². The molecule has 1 N–H and O–H groups in total. The third-order valence-electron chi connectivity index (χ3n) is 1.79. The van der Waals surface area contributed by atoms with Crippen LogP contribution in [0.1, 0.15) is 27.7 Å². The number of rotatable bonds is 2. The minimum Gasteiger partial charge on any atom is -0.391 e. The van der Waals surface area contributed by atoms with Crippen molar-refractivity contribution in [1.29, 1.82) is 0 Å². The van der Waals surface area contributed by atoms with E-state index >= 15 is 0 Å². The Morgan fingerprint density at radius 2 is 1.92 bits per heavy atom. The second-order valence-electron chi connectivity index (χ2n) is 3.97. The fourth-order valence-electron chi connectivity index (χ4n) is 0.972. The molecule has 0 aliphatic rings. The Balaban J connectivity index is 4.49. The van der Waals surface area contributed by atoms with Gasteiger partial charge in [0.05, 0.1) is 12.0 Å². The lowest BCUT2D eigenvalue weighted by Crippen LogP contribution is -2.32. The molecular weight excluding hydrogens is 148 g/mol. The summed E-state index contributed by atoms with van der Waals surface area (Å²) in [5, 5.41) is 9.80. The molecule has 12 heavy (non-hydrogen) atoms. The standard InChI is InChI=1S/C11H18O/c1-6-8-9(7-2)10(12)11(3,4)5/h7,9-10,12H,2H2,1,3-5H3. The largest absolute Gasteiger partial charge is 0.391 e. The maximum atomic E-state index is 9.80. The van der Waals surface area contributed by atoms with E-state index in [2.05, 4.69) is 18.4 Å². The van der Waals surface area contributed by atoms with Gasteiger partial charge in [-0.05, 0) is 12.3 Å². The van der Waals surface area contributed by atoms with Gasteiger partial charge in [-0.15, -0.1) is 12.5 Å². The summed E-state index contributed by atoms with van der Waals surface area (Å²) in [6.45, 7) is 11.4. The van der Waals surface area contributed by atoms with Crippen molar-refractivity contribution in [3.63, 3.8) is 0 Å². The average Bonchev–Trinajstić information content (AvgIpc) is 1.97. The molecule has 0 aliphatic heterocycles. The van der Waals surface area contributed by atoms with Crippen LogP contribution in [0.2, 0.25) is 0 Å². The van der Waals surface area contributed by atoms with Crippen LogP contribution < -0.4 is 0 Å². The van der Waals surface area contributed by atoms with Crippen LogP contribution >= 0.6 is 0 Å². The number of hydrogen-bond donors (Lipinski definition) is 1. The molecular formula is C11H18O. The van der Waals surface area contributed by atoms with E-state index < -0.39 is 6.10 Å². The van der Waals surface area contributed by atoms with Gasteiger partial charge in [0.25, 0.3) is 0 Å². The predicted octanol–water partition coefficient (Wildman–Crippen LogP) is 2.22. The zero-order chi connectivity index (χ0) is 9.78. The zero-order valence-electron chi connectivity index (χ0n) is 8.39. The lowest BCUT2D eigenvalue weighted by Gasteiger charge is -2.28. The maximum absolute atomic E-state index is 9.80. The highest BCUT2D eigenvalue weighted by atomic mass is 16.3. The van der Waals surface area contributed by atoms with Crippen molar-refractivity contribution in [2.24, 2.45) is 11.3 Å². The van der Waals surface area contributed by atoms with E-state index in [1.807, 2.05) is 20.8 Å². The fraction of sp³-hybridized carbons (Fsp3) is 0.636. The van der Waals surface area contributed by atoms with Crippen LogP contribution in [0, 0.1) is 23.2 Å². The van der Waals surface area contributed by atoms with E-state index in [-0.39, 0.29) is 11.3 Å². The van der Waals surface area contributed by atoms with Crippen LogP contribution in [0.15, 0.2) is 12.7 Å². The summed E-state index contributed by atoms with van der Waals surface area (Å²) in [4.78, 5) is 0. The van der Waals surface area contributed by atoms with Crippen molar-refractivity contribution in [2.45, 2.75) is 33.8 Å². The SMILES string of the molecule is C=CC(C#CC)C(O)C(C)(C)C. The molecule has 1 nitrogen and oxygen atoms in total. The highest BCUT2D eigenvalue weighted by molar-refractivity contribution is 5.11. The van der Waals surface area contributed by atoms with E-state index in [0.717, 1.165) is 0 Å². The summed E-state index contributed by atoms with van der Waals surface area (Å²) < 4.78 is 0. The highest BCUT2D eigenvalue weighted by Gasteiger charge is 2.27. The molecule has 2 atom stereocenters. The highest BCUT2D eigenvalue weighted by Crippen LogP contribution is 2.25. The monoisotopic (exact) mass is 166 g/mol. The van der Waals surface area contributed by atoms with Crippen molar-refractivity contribution in [3.05, 3.63) is 12.7 Å². The second kappa shape index (κ2) is 4.33. The summed E-state index contributed by atoms with van der Waals surface area (Å²) in [6, 6.07) is 0. The number of aliphatic hydroxyl groups excluding tert-OH is 1. The molecule has 0 aliphatic carbocycles. The Bertz CT molecular complexity index is 199. The molecule has 0 heterocycles. The Morgan fingerprint density at radius 1 is 1.42 bits per heavy atom. The minimum absolute atomic E-state index is 0.116. The lowest BCUT2D eigenvalue weighted by atomic mass is 9.81. The molecule has 2 unspecified atom stereocenters. The summed E-state index contributed by atoms with van der Waals surface area (Å²) in [5.74, 6) is 5.60. The summed E-state index contributed by atoms with van der Waals surface area (Å²) in [6.07, 6.45) is 1.26. The Hall–Kier alpha value is -0.740. The fourth-order valence-corrected chi connectivity index (χ4v) is 0.972. The van der Waals surface area contributed by atoms with Gasteiger partial charge in [-0.25, -0.2) is 0 Å². The van der Waals surface area contributed by atoms with Gasteiger partial charge < -0.3 is 5.11 Å². The first-order chi connectivity index (χ1) is 5.43. The molecule has 0 aromatic rings. The van der Waals surface area contributed by atoms with Crippen LogP contribution in [0.25, 0.3) is 0 Å². The molecule has 0 spiro atoms. The van der Waals surface area contributed by atoms with E-state index in [9.17, 15) is 5.11 Å². The molecule has 0 aromatic carbocycles. The van der Waals surface area contributed by atoms with Crippen molar-refractivity contribution in [1.82, 2.24) is 0 Å². The van der Waals surface area contributed by atoms with Crippen LogP contribution in [-0.4, -0.2) is 11.2 Å². The molecule has 0 aromatic heterocycles. The van der Waals surface area contributed by atoms with Gasteiger partial charge in [-0.2, -0.15) is 0 Å². The van der Waals surface area contributed by atoms with Crippen molar-refractivity contribution in [2.75, 3.05) is 0 Å². The molecule has 0 radical (unpaired) electrons. The number of hydrogen-bond acceptors (Lipinski definition) is 1. The van der Waals surface area contributed by atoms with Gasteiger partial charge in [0.2, 0.25) is 0 Å². The summed E-state index contributed by atoms with van der Waals surface area (Å²) in [5.41, 5.74) is -0.136. The first kappa shape index (κ1) is 11.3. The molecule has 68 valence electrons. The molecule has 0 rings (SSSR count). The summed E-state index contributed by atoms with van der Waals surface area (Å²) >= 11 is 0. The second-order valence-corrected chi connectivity index (χ2v) is 3.97. The van der Waals surface area contributed by atoms with Gasteiger partial charge in [0.1, 0.15) is 0 Å². The smallest absolute Gasteiger partial charge is 0.0760 e. The summed E-state index contributed by atoms with van der Waals surface area (Å²) in [7, 11) is 0. The van der Waals surface area contributed by atoms with Gasteiger partial charge in [-0.1, -0.05) is 32.8 Å². The minimum atomic E-state index is -0.442. The maximum Gasteiger partial charge on any atom is 0.0760 e. The molecule has 0 fully saturated rings. The Labute approximate surface area is 75.5 Å². The average molecular weight is 166 g/mol. The van der Waals surface area contributed by atoms with E-state index in [1.54, 1.807) is 13.0 Å². The van der Waals surface area contributed by atoms with Crippen LogP contribution in [-0.2, 0) is 0 Å². The van der Waals surface area contributed by atoms with Crippen LogP contribution in [0.4, 0.5) is 0 Å². The van der Waals surface area contributed by atoms with E-state index in [1.165, 1.54) is 0 Å². The van der Waals surface area contributed by atoms with Crippen molar-refractivity contribution in [3.8, 4) is 11.8 Å². The molecule has 0 amide bonds. The molecule has 0 saturated heterocycles. The quantitative estimate of drug-likeness (QED) is 0.492. The molecule has 0 saturated carbocycles. The normalized spacial score (nSPS) is 15.8.